The summed E-state index contributed by atoms with van der Waals surface area (Å²) in [4.78, 5) is 2.59. The Morgan fingerprint density at radius 2 is 2.06 bits per heavy atom. The lowest BCUT2D eigenvalue weighted by Crippen LogP contribution is -2.57. The molecule has 2 unspecified atom stereocenters. The number of methoxy groups -OCH3 is 1. The largest absolute Gasteiger partial charge is 0.380 e. The molecule has 1 aliphatic carbocycles. The smallest absolute Gasteiger partial charge is 0.0698 e. The van der Waals surface area contributed by atoms with Gasteiger partial charge in [-0.15, -0.1) is 0 Å². The van der Waals surface area contributed by atoms with Crippen LogP contribution in [0.25, 0.3) is 0 Å². The second-order valence-corrected chi connectivity index (χ2v) is 6.15. The number of piperidine rings is 1. The number of ether oxygens (including phenoxy) is 1. The molecule has 2 atom stereocenters. The third kappa shape index (κ3) is 3.01. The zero-order chi connectivity index (χ0) is 12.3. The maximum atomic E-state index is 6.07. The summed E-state index contributed by atoms with van der Waals surface area (Å²) in [5.74, 6) is 0.923. The van der Waals surface area contributed by atoms with Crippen molar-refractivity contribution in [3.63, 3.8) is 0 Å². The summed E-state index contributed by atoms with van der Waals surface area (Å²) in [6.45, 7) is 5.39. The van der Waals surface area contributed by atoms with E-state index in [2.05, 4.69) is 11.8 Å². The third-order valence-electron chi connectivity index (χ3n) is 4.87. The van der Waals surface area contributed by atoms with E-state index in [-0.39, 0.29) is 5.54 Å². The van der Waals surface area contributed by atoms with Crippen LogP contribution in [0.2, 0.25) is 0 Å². The molecule has 0 aromatic heterocycles. The maximum absolute atomic E-state index is 6.07. The van der Waals surface area contributed by atoms with Crippen LogP contribution in [-0.2, 0) is 4.74 Å². The zero-order valence-corrected chi connectivity index (χ0v) is 11.5. The van der Waals surface area contributed by atoms with Crippen molar-refractivity contribution in [1.82, 2.24) is 4.90 Å². The number of nitrogens with zero attached hydrogens (tertiary/aromatic N) is 1. The molecule has 0 amide bonds. The molecule has 3 heteroatoms. The molecule has 100 valence electrons. The van der Waals surface area contributed by atoms with Crippen LogP contribution in [0.4, 0.5) is 0 Å². The van der Waals surface area contributed by atoms with Gasteiger partial charge in [-0.05, 0) is 38.6 Å². The van der Waals surface area contributed by atoms with Crippen LogP contribution < -0.4 is 5.73 Å². The molecule has 0 aromatic rings. The Morgan fingerprint density at radius 3 is 2.59 bits per heavy atom. The van der Waals surface area contributed by atoms with E-state index >= 15 is 0 Å². The fourth-order valence-electron chi connectivity index (χ4n) is 3.28. The minimum absolute atomic E-state index is 0.197. The van der Waals surface area contributed by atoms with Crippen molar-refractivity contribution in [3.05, 3.63) is 0 Å². The van der Waals surface area contributed by atoms with Gasteiger partial charge in [-0.25, -0.2) is 0 Å². The van der Waals surface area contributed by atoms with Crippen molar-refractivity contribution >= 4 is 0 Å². The van der Waals surface area contributed by atoms with Gasteiger partial charge in [-0.3, -0.25) is 4.90 Å². The van der Waals surface area contributed by atoms with Crippen LogP contribution in [0.1, 0.15) is 45.4 Å². The molecule has 17 heavy (non-hydrogen) atoms. The Labute approximate surface area is 106 Å². The van der Waals surface area contributed by atoms with Crippen molar-refractivity contribution in [1.29, 1.82) is 0 Å². The molecule has 0 spiro atoms. The van der Waals surface area contributed by atoms with E-state index in [1.165, 1.54) is 45.1 Å². The predicted octanol–water partition coefficient (Wildman–Crippen LogP) is 2.00. The Morgan fingerprint density at radius 1 is 1.29 bits per heavy atom. The molecule has 0 aromatic carbocycles. The van der Waals surface area contributed by atoms with E-state index in [9.17, 15) is 0 Å². The summed E-state index contributed by atoms with van der Waals surface area (Å²) < 4.78 is 5.52. The second kappa shape index (κ2) is 5.68. The van der Waals surface area contributed by atoms with Gasteiger partial charge in [0, 0.05) is 25.7 Å². The molecule has 2 aliphatic rings. The van der Waals surface area contributed by atoms with Crippen LogP contribution >= 0.6 is 0 Å². The quantitative estimate of drug-likeness (QED) is 0.799. The second-order valence-electron chi connectivity index (χ2n) is 6.15. The summed E-state index contributed by atoms with van der Waals surface area (Å²) in [6.07, 6.45) is 8.40. The van der Waals surface area contributed by atoms with Crippen molar-refractivity contribution in [2.45, 2.75) is 57.1 Å². The maximum Gasteiger partial charge on any atom is 0.0698 e. The molecule has 1 aliphatic heterocycles. The van der Waals surface area contributed by atoms with E-state index in [1.807, 2.05) is 7.11 Å². The highest BCUT2D eigenvalue weighted by molar-refractivity contribution is 4.93. The molecule has 2 N–H and O–H groups in total. The number of likely N-dealkylation sites (tertiary alicyclic amines) is 1. The van der Waals surface area contributed by atoms with E-state index < -0.39 is 0 Å². The van der Waals surface area contributed by atoms with Crippen molar-refractivity contribution in [2.24, 2.45) is 11.7 Å². The average Bonchev–Trinajstić information content (AvgIpc) is 2.33. The fraction of sp³-hybridized carbons (Fsp3) is 1.00. The highest BCUT2D eigenvalue weighted by atomic mass is 16.5. The van der Waals surface area contributed by atoms with E-state index in [0.717, 1.165) is 19.0 Å². The molecular formula is C14H28N2O. The number of hydrogen-bond donors (Lipinski definition) is 1. The summed E-state index contributed by atoms with van der Waals surface area (Å²) in [6, 6.07) is 0. The molecule has 1 saturated carbocycles. The molecule has 0 radical (unpaired) electrons. The van der Waals surface area contributed by atoms with Gasteiger partial charge in [0.05, 0.1) is 6.10 Å². The monoisotopic (exact) mass is 240 g/mol. The average molecular weight is 240 g/mol. The Hall–Kier alpha value is -0.120. The predicted molar refractivity (Wildman–Crippen MR) is 71.0 cm³/mol. The fourth-order valence-corrected chi connectivity index (χ4v) is 3.28. The van der Waals surface area contributed by atoms with Crippen LogP contribution in [0.15, 0.2) is 0 Å². The minimum atomic E-state index is 0.197. The third-order valence-corrected chi connectivity index (χ3v) is 4.87. The first-order valence-electron chi connectivity index (χ1n) is 7.16. The van der Waals surface area contributed by atoms with Gasteiger partial charge >= 0.3 is 0 Å². The van der Waals surface area contributed by atoms with Crippen molar-refractivity contribution < 1.29 is 4.74 Å². The summed E-state index contributed by atoms with van der Waals surface area (Å²) in [7, 11) is 1.83. The van der Waals surface area contributed by atoms with Gasteiger partial charge < -0.3 is 10.5 Å². The number of rotatable bonds is 5. The van der Waals surface area contributed by atoms with E-state index in [1.54, 1.807) is 0 Å². The molecule has 3 nitrogen and oxygen atoms in total. The topological polar surface area (TPSA) is 38.5 Å². The van der Waals surface area contributed by atoms with E-state index in [0.29, 0.717) is 6.10 Å². The molecular weight excluding hydrogens is 212 g/mol. The lowest BCUT2D eigenvalue weighted by molar-refractivity contribution is -0.0230. The number of hydrogen-bond acceptors (Lipinski definition) is 3. The van der Waals surface area contributed by atoms with E-state index in [4.69, 9.17) is 10.5 Å². The molecule has 1 heterocycles. The summed E-state index contributed by atoms with van der Waals surface area (Å²) in [5, 5.41) is 0. The molecule has 1 saturated heterocycles. The van der Waals surface area contributed by atoms with Crippen LogP contribution in [0.3, 0.4) is 0 Å². The normalized spacial score (nSPS) is 30.9. The lowest BCUT2D eigenvalue weighted by atomic mass is 9.75. The minimum Gasteiger partial charge on any atom is -0.380 e. The first kappa shape index (κ1) is 13.3. The van der Waals surface area contributed by atoms with Crippen molar-refractivity contribution in [3.8, 4) is 0 Å². The van der Waals surface area contributed by atoms with Gasteiger partial charge in [0.2, 0.25) is 0 Å². The van der Waals surface area contributed by atoms with Gasteiger partial charge in [0.25, 0.3) is 0 Å². The van der Waals surface area contributed by atoms with Crippen LogP contribution in [0, 0.1) is 5.92 Å². The summed E-state index contributed by atoms with van der Waals surface area (Å²) >= 11 is 0. The van der Waals surface area contributed by atoms with Gasteiger partial charge in [-0.2, -0.15) is 0 Å². The summed E-state index contributed by atoms with van der Waals surface area (Å²) in [5.41, 5.74) is 6.27. The Kier molecular flexibility index (Phi) is 4.45. The number of nitrogens with two attached hydrogens (primary N) is 1. The molecule has 2 rings (SSSR count). The van der Waals surface area contributed by atoms with Gasteiger partial charge in [0.15, 0.2) is 0 Å². The van der Waals surface area contributed by atoms with Gasteiger partial charge in [-0.1, -0.05) is 19.3 Å². The molecule has 2 fully saturated rings. The first-order valence-corrected chi connectivity index (χ1v) is 7.16. The Balaban J connectivity index is 1.94. The Bertz CT molecular complexity index is 242. The SMILES string of the molecule is COC1CCCN(C(C)(CN)CC2CCC2)C1. The van der Waals surface area contributed by atoms with Crippen LogP contribution in [0.5, 0.6) is 0 Å². The lowest BCUT2D eigenvalue weighted by Gasteiger charge is -2.47. The van der Waals surface area contributed by atoms with Gasteiger partial charge in [0.1, 0.15) is 0 Å². The highest BCUT2D eigenvalue weighted by Gasteiger charge is 2.37. The first-order chi connectivity index (χ1) is 8.18. The van der Waals surface area contributed by atoms with Crippen molar-refractivity contribution in [2.75, 3.05) is 26.7 Å². The highest BCUT2D eigenvalue weighted by Crippen LogP contribution is 2.36. The van der Waals surface area contributed by atoms with Crippen LogP contribution in [-0.4, -0.2) is 43.3 Å². The standard InChI is InChI=1S/C14H28N2O/c1-14(11-15,9-12-5-3-6-12)16-8-4-7-13(10-16)17-2/h12-13H,3-11,15H2,1-2H3. The zero-order valence-electron chi connectivity index (χ0n) is 11.5. The molecule has 0 bridgehead atoms.